The van der Waals surface area contributed by atoms with Crippen LogP contribution >= 0.6 is 0 Å². The lowest BCUT2D eigenvalue weighted by Crippen LogP contribution is -2.45. The van der Waals surface area contributed by atoms with Gasteiger partial charge in [0, 0.05) is 18.5 Å². The van der Waals surface area contributed by atoms with E-state index < -0.39 is 18.2 Å². The zero-order chi connectivity index (χ0) is 25.6. The minimum Gasteiger partial charge on any atom is -0.481 e. The Labute approximate surface area is 208 Å². The summed E-state index contributed by atoms with van der Waals surface area (Å²) in [6.45, 7) is 8.47. The van der Waals surface area contributed by atoms with Crippen molar-refractivity contribution in [1.82, 2.24) is 5.32 Å². The summed E-state index contributed by atoms with van der Waals surface area (Å²) in [7, 11) is 0. The lowest BCUT2D eigenvalue weighted by Gasteiger charge is -2.31. The number of ether oxygens (including phenoxy) is 1. The molecule has 0 saturated carbocycles. The summed E-state index contributed by atoms with van der Waals surface area (Å²) in [5, 5.41) is 23.2. The fourth-order valence-electron chi connectivity index (χ4n) is 5.21. The first-order valence-corrected chi connectivity index (χ1v) is 12.7. The molecule has 0 bridgehead atoms. The van der Waals surface area contributed by atoms with E-state index in [9.17, 15) is 14.3 Å². The number of benzene rings is 2. The molecule has 0 aliphatic heterocycles. The summed E-state index contributed by atoms with van der Waals surface area (Å²) in [5.41, 5.74) is 4.70. The molecule has 5 nitrogen and oxygen atoms in total. The van der Waals surface area contributed by atoms with Gasteiger partial charge in [0.05, 0.1) is 18.8 Å². The molecule has 1 unspecified atom stereocenters. The quantitative estimate of drug-likeness (QED) is 0.366. The predicted octanol–water partition coefficient (Wildman–Crippen LogP) is 5.15. The van der Waals surface area contributed by atoms with Gasteiger partial charge in [-0.3, -0.25) is 4.79 Å². The van der Waals surface area contributed by atoms with E-state index in [1.54, 1.807) is 13.0 Å². The zero-order valence-electron chi connectivity index (χ0n) is 21.4. The Morgan fingerprint density at radius 3 is 2.49 bits per heavy atom. The maximum Gasteiger partial charge on any atom is 0.303 e. The van der Waals surface area contributed by atoms with Gasteiger partial charge >= 0.3 is 5.97 Å². The molecule has 2 aromatic rings. The van der Waals surface area contributed by atoms with E-state index in [2.05, 4.69) is 43.4 Å². The number of aliphatic carboxylic acids is 1. The van der Waals surface area contributed by atoms with E-state index in [4.69, 9.17) is 9.84 Å². The molecule has 2 aromatic carbocycles. The van der Waals surface area contributed by atoms with Crippen molar-refractivity contribution in [2.75, 3.05) is 13.2 Å². The van der Waals surface area contributed by atoms with Crippen LogP contribution in [0.2, 0.25) is 0 Å². The molecule has 3 N–H and O–H groups in total. The molecule has 192 valence electrons. The topological polar surface area (TPSA) is 78.8 Å². The van der Waals surface area contributed by atoms with Crippen LogP contribution in [-0.4, -0.2) is 41.0 Å². The lowest BCUT2D eigenvalue weighted by atomic mass is 9.88. The van der Waals surface area contributed by atoms with Crippen LogP contribution in [0, 0.1) is 18.7 Å². The van der Waals surface area contributed by atoms with Gasteiger partial charge < -0.3 is 20.3 Å². The number of hydrogen-bond acceptors (Lipinski definition) is 4. The lowest BCUT2D eigenvalue weighted by molar-refractivity contribution is -0.136. The first-order valence-electron chi connectivity index (χ1n) is 12.7. The second kappa shape index (κ2) is 12.1. The summed E-state index contributed by atoms with van der Waals surface area (Å²) in [5.74, 6) is -0.634. The van der Waals surface area contributed by atoms with Crippen LogP contribution in [0.25, 0.3) is 0 Å². The molecule has 1 aliphatic rings. The van der Waals surface area contributed by atoms with Gasteiger partial charge in [-0.25, -0.2) is 4.39 Å². The number of nitrogens with one attached hydrogen (secondary N) is 1. The Balaban J connectivity index is 1.52. The number of aryl methyl sites for hydroxylation is 2. The number of rotatable bonds is 13. The molecular formula is C29H40FNO4. The third-order valence-corrected chi connectivity index (χ3v) is 6.99. The maximum absolute atomic E-state index is 14.3. The van der Waals surface area contributed by atoms with E-state index in [1.165, 1.54) is 17.2 Å². The van der Waals surface area contributed by atoms with Crippen LogP contribution in [0.4, 0.5) is 4.39 Å². The second-order valence-electron chi connectivity index (χ2n) is 10.6. The minimum absolute atomic E-state index is 0.0256. The molecule has 0 fully saturated rings. The Kier molecular flexibility index (Phi) is 9.45. The number of carboxylic acids is 1. The van der Waals surface area contributed by atoms with E-state index in [0.29, 0.717) is 36.4 Å². The molecule has 3 rings (SSSR count). The van der Waals surface area contributed by atoms with Gasteiger partial charge in [0.15, 0.2) is 0 Å². The van der Waals surface area contributed by atoms with Crippen LogP contribution in [0.1, 0.15) is 74.0 Å². The molecule has 2 atom stereocenters. The number of aliphatic hydroxyl groups is 1. The molecule has 0 spiro atoms. The van der Waals surface area contributed by atoms with Crippen molar-refractivity contribution in [3.8, 4) is 0 Å². The number of β-amino-alcohol motifs (C(OH)–C–C–N with tert-alkyl or cyclic N) is 1. The summed E-state index contributed by atoms with van der Waals surface area (Å²) in [6, 6.07) is 11.8. The Bertz CT molecular complexity index is 981. The highest BCUT2D eigenvalue weighted by Gasteiger charge is 2.28. The van der Waals surface area contributed by atoms with Gasteiger partial charge in [-0.15, -0.1) is 0 Å². The fourth-order valence-corrected chi connectivity index (χ4v) is 5.21. The monoisotopic (exact) mass is 485 g/mol. The Morgan fingerprint density at radius 2 is 1.89 bits per heavy atom. The van der Waals surface area contributed by atoms with Crippen molar-refractivity contribution < 1.29 is 24.1 Å². The summed E-state index contributed by atoms with van der Waals surface area (Å²) >= 11 is 0. The highest BCUT2D eigenvalue weighted by molar-refractivity contribution is 5.67. The number of halogens is 1. The van der Waals surface area contributed by atoms with Gasteiger partial charge in [0.25, 0.3) is 0 Å². The van der Waals surface area contributed by atoms with Crippen LogP contribution in [0.15, 0.2) is 36.4 Å². The fraction of sp³-hybridized carbons (Fsp3) is 0.552. The van der Waals surface area contributed by atoms with Crippen LogP contribution < -0.4 is 5.32 Å². The molecule has 6 heteroatoms. The van der Waals surface area contributed by atoms with Crippen LogP contribution in [0.3, 0.4) is 0 Å². The normalized spacial score (nSPS) is 15.7. The first kappa shape index (κ1) is 27.3. The van der Waals surface area contributed by atoms with Gasteiger partial charge in [-0.1, -0.05) is 37.3 Å². The predicted molar refractivity (Wildman–Crippen MR) is 136 cm³/mol. The third kappa shape index (κ3) is 7.86. The average molecular weight is 486 g/mol. The summed E-state index contributed by atoms with van der Waals surface area (Å²) in [4.78, 5) is 11.1. The summed E-state index contributed by atoms with van der Waals surface area (Å²) in [6.07, 6.45) is 2.98. The highest BCUT2D eigenvalue weighted by Crippen LogP contribution is 2.32. The van der Waals surface area contributed by atoms with Crippen molar-refractivity contribution in [3.05, 3.63) is 70.0 Å². The van der Waals surface area contributed by atoms with E-state index in [0.717, 1.165) is 24.8 Å². The number of fused-ring (bicyclic) bond motifs is 1. The van der Waals surface area contributed by atoms with E-state index in [-0.39, 0.29) is 24.4 Å². The van der Waals surface area contributed by atoms with Gasteiger partial charge in [-0.2, -0.15) is 0 Å². The number of carboxylic acid groups (broad SMARTS) is 1. The Hall–Kier alpha value is -2.28. The van der Waals surface area contributed by atoms with E-state index in [1.807, 2.05) is 6.92 Å². The Morgan fingerprint density at radius 1 is 1.23 bits per heavy atom. The van der Waals surface area contributed by atoms with Crippen molar-refractivity contribution in [2.45, 2.75) is 84.0 Å². The average Bonchev–Trinajstić information content (AvgIpc) is 3.20. The zero-order valence-corrected chi connectivity index (χ0v) is 21.4. The molecular weight excluding hydrogens is 445 g/mol. The molecule has 0 aromatic heterocycles. The molecule has 0 heterocycles. The molecule has 0 amide bonds. The van der Waals surface area contributed by atoms with Crippen LogP contribution in [-0.2, 0) is 28.8 Å². The smallest absolute Gasteiger partial charge is 0.303 e. The largest absolute Gasteiger partial charge is 0.481 e. The van der Waals surface area contributed by atoms with Crippen molar-refractivity contribution in [1.29, 1.82) is 0 Å². The van der Waals surface area contributed by atoms with Crippen molar-refractivity contribution in [3.63, 3.8) is 0 Å². The van der Waals surface area contributed by atoms with E-state index >= 15 is 0 Å². The molecule has 0 radical (unpaired) electrons. The van der Waals surface area contributed by atoms with Gasteiger partial charge in [0.2, 0.25) is 0 Å². The number of aliphatic hydroxyl groups excluding tert-OH is 1. The maximum atomic E-state index is 14.3. The van der Waals surface area contributed by atoms with Crippen molar-refractivity contribution in [2.24, 2.45) is 5.92 Å². The molecule has 35 heavy (non-hydrogen) atoms. The first-order chi connectivity index (χ1) is 16.6. The molecule has 1 aliphatic carbocycles. The number of carbonyl (C=O) groups is 1. The number of hydrogen-bond donors (Lipinski definition) is 3. The minimum atomic E-state index is -0.891. The van der Waals surface area contributed by atoms with Crippen LogP contribution in [0.5, 0.6) is 0 Å². The second-order valence-corrected chi connectivity index (χ2v) is 10.6. The summed E-state index contributed by atoms with van der Waals surface area (Å²) < 4.78 is 20.3. The molecule has 0 saturated heterocycles. The van der Waals surface area contributed by atoms with Gasteiger partial charge in [0.1, 0.15) is 5.82 Å². The standard InChI is InChI=1S/C29H40FNO4/c1-5-27(25-15-26(30)19(2)12-23(25)10-11-28(33)34)35-18-24(32)17-31-29(3,4)16-20-13-21-8-6-7-9-22(21)14-20/h6-9,12,15,20,24,27,31-32H,5,10-11,13-14,16-18H2,1-4H3,(H,33,34)/t24-,27?/m1/s1. The van der Waals surface area contributed by atoms with Gasteiger partial charge in [-0.05, 0) is 92.7 Å². The van der Waals surface area contributed by atoms with Crippen molar-refractivity contribution >= 4 is 5.97 Å². The SMILES string of the molecule is CCC(OC[C@H](O)CNC(C)(C)CC1Cc2ccccc2C1)c1cc(F)c(C)cc1CCC(=O)O. The highest BCUT2D eigenvalue weighted by atomic mass is 19.1. The third-order valence-electron chi connectivity index (χ3n) is 6.99.